The van der Waals surface area contributed by atoms with E-state index >= 15 is 0 Å². The number of likely N-dealkylation sites (tertiary alicyclic amines) is 1. The van der Waals surface area contributed by atoms with Crippen molar-refractivity contribution in [3.8, 4) is 5.75 Å². The third kappa shape index (κ3) is 4.09. The second-order valence-electron chi connectivity index (χ2n) is 8.31. The number of hydrogen-bond acceptors (Lipinski definition) is 5. The fraction of sp³-hybridized carbons (Fsp3) is 0.391. The summed E-state index contributed by atoms with van der Waals surface area (Å²) in [5.74, 6) is -1.34. The molecule has 1 aliphatic heterocycles. The van der Waals surface area contributed by atoms with Crippen molar-refractivity contribution in [2.75, 3.05) is 11.8 Å². The Labute approximate surface area is 186 Å². The second-order valence-corrected chi connectivity index (χ2v) is 9.97. The van der Waals surface area contributed by atoms with E-state index in [2.05, 4.69) is 4.72 Å². The molecule has 1 aliphatic carbocycles. The molecule has 2 fully saturated rings. The molecule has 0 aromatic heterocycles. The lowest BCUT2D eigenvalue weighted by atomic mass is 9.81. The van der Waals surface area contributed by atoms with Gasteiger partial charge >= 0.3 is 0 Å². The van der Waals surface area contributed by atoms with Crippen LogP contribution < -0.4 is 9.46 Å². The topological polar surface area (TPSA) is 92.8 Å². The predicted molar refractivity (Wildman–Crippen MR) is 116 cm³/mol. The molecule has 170 valence electrons. The van der Waals surface area contributed by atoms with E-state index in [-0.39, 0.29) is 46.5 Å². The molecule has 2 aromatic carbocycles. The zero-order valence-electron chi connectivity index (χ0n) is 17.9. The maximum Gasteiger partial charge on any atom is 0.265 e. The molecule has 4 rings (SSSR count). The van der Waals surface area contributed by atoms with Crippen LogP contribution in [0.25, 0.3) is 0 Å². The molecule has 0 bridgehead atoms. The van der Waals surface area contributed by atoms with Crippen molar-refractivity contribution in [1.82, 2.24) is 4.90 Å². The Morgan fingerprint density at radius 2 is 1.72 bits per heavy atom. The minimum absolute atomic E-state index is 0.00363. The third-order valence-corrected chi connectivity index (χ3v) is 7.62. The zero-order chi connectivity index (χ0) is 23.0. The summed E-state index contributed by atoms with van der Waals surface area (Å²) in [7, 11) is -2.77. The highest BCUT2D eigenvalue weighted by atomic mass is 32.2. The standard InChI is InChI=1S/C23H25FN2O5S/c1-14-7-9-16(12-19(14)24)25-32(29,30)21-11-15(8-10-20(21)31-2)13-26-22(27)17-5-3-4-6-18(17)23(26)28/h7-12,17-18,25H,3-6,13H2,1-2H3/t17-,18+. The number of imide groups is 1. The smallest absolute Gasteiger partial charge is 0.265 e. The first-order valence-electron chi connectivity index (χ1n) is 10.5. The van der Waals surface area contributed by atoms with Crippen molar-refractivity contribution in [2.24, 2.45) is 11.8 Å². The van der Waals surface area contributed by atoms with Gasteiger partial charge in [-0.1, -0.05) is 25.0 Å². The van der Waals surface area contributed by atoms with Crippen LogP contribution in [0.3, 0.4) is 0 Å². The number of sulfonamides is 1. The number of ether oxygens (including phenoxy) is 1. The van der Waals surface area contributed by atoms with Gasteiger partial charge in [-0.15, -0.1) is 0 Å². The second kappa shape index (κ2) is 8.54. The summed E-state index contributed by atoms with van der Waals surface area (Å²) in [6.07, 6.45) is 3.30. The number of nitrogens with zero attached hydrogens (tertiary/aromatic N) is 1. The van der Waals surface area contributed by atoms with Gasteiger partial charge in [0.05, 0.1) is 31.2 Å². The lowest BCUT2D eigenvalue weighted by Crippen LogP contribution is -2.30. The van der Waals surface area contributed by atoms with Crippen LogP contribution in [0.4, 0.5) is 10.1 Å². The molecule has 2 atom stereocenters. The van der Waals surface area contributed by atoms with E-state index in [0.29, 0.717) is 24.0 Å². The highest BCUT2D eigenvalue weighted by Crippen LogP contribution is 2.39. The van der Waals surface area contributed by atoms with Crippen molar-refractivity contribution in [3.05, 3.63) is 53.3 Å². The summed E-state index contributed by atoms with van der Waals surface area (Å²) in [4.78, 5) is 26.6. The lowest BCUT2D eigenvalue weighted by Gasteiger charge is -2.19. The Morgan fingerprint density at radius 1 is 1.06 bits per heavy atom. The lowest BCUT2D eigenvalue weighted by molar-refractivity contribution is -0.140. The third-order valence-electron chi connectivity index (χ3n) is 6.21. The van der Waals surface area contributed by atoms with E-state index in [9.17, 15) is 22.4 Å². The zero-order valence-corrected chi connectivity index (χ0v) is 18.7. The average Bonchev–Trinajstić information content (AvgIpc) is 3.01. The van der Waals surface area contributed by atoms with Crippen molar-refractivity contribution in [3.63, 3.8) is 0 Å². The maximum absolute atomic E-state index is 13.9. The fourth-order valence-corrected chi connectivity index (χ4v) is 5.74. The molecule has 2 aliphatic rings. The first kappa shape index (κ1) is 22.3. The molecule has 2 aromatic rings. The molecule has 0 unspecified atom stereocenters. The minimum atomic E-state index is -4.12. The molecule has 1 saturated carbocycles. The number of aryl methyl sites for hydroxylation is 1. The van der Waals surface area contributed by atoms with Gasteiger partial charge in [-0.05, 0) is 55.2 Å². The highest BCUT2D eigenvalue weighted by molar-refractivity contribution is 7.92. The summed E-state index contributed by atoms with van der Waals surface area (Å²) < 4.78 is 47.5. The van der Waals surface area contributed by atoms with E-state index in [4.69, 9.17) is 4.74 Å². The van der Waals surface area contributed by atoms with Crippen LogP contribution in [-0.2, 0) is 26.2 Å². The maximum atomic E-state index is 13.9. The Kier molecular flexibility index (Phi) is 5.94. The number of nitrogens with one attached hydrogen (secondary N) is 1. The molecule has 1 heterocycles. The average molecular weight is 461 g/mol. The van der Waals surface area contributed by atoms with Gasteiger partial charge in [0.1, 0.15) is 16.5 Å². The van der Waals surface area contributed by atoms with Gasteiger partial charge in [-0.25, -0.2) is 12.8 Å². The normalized spacial score (nSPS) is 20.9. The predicted octanol–water partition coefficient (Wildman–Crippen LogP) is 3.62. The fourth-order valence-electron chi connectivity index (χ4n) is 4.47. The Bertz CT molecular complexity index is 1160. The van der Waals surface area contributed by atoms with Gasteiger partial charge < -0.3 is 4.74 Å². The van der Waals surface area contributed by atoms with Gasteiger partial charge in [0.2, 0.25) is 11.8 Å². The van der Waals surface area contributed by atoms with Crippen LogP contribution in [0.15, 0.2) is 41.3 Å². The molecule has 32 heavy (non-hydrogen) atoms. The molecule has 9 heteroatoms. The summed E-state index contributed by atoms with van der Waals surface area (Å²) in [6, 6.07) is 8.55. The number of anilines is 1. The molecule has 0 spiro atoms. The minimum Gasteiger partial charge on any atom is -0.495 e. The number of carbonyl (C=O) groups excluding carboxylic acids is 2. The van der Waals surface area contributed by atoms with E-state index in [1.807, 2.05) is 0 Å². The molecule has 1 N–H and O–H groups in total. The van der Waals surface area contributed by atoms with Crippen LogP contribution in [0.1, 0.15) is 36.8 Å². The summed E-state index contributed by atoms with van der Waals surface area (Å²) >= 11 is 0. The highest BCUT2D eigenvalue weighted by Gasteiger charge is 2.47. The monoisotopic (exact) mass is 460 g/mol. The molecule has 2 amide bonds. The number of hydrogen-bond donors (Lipinski definition) is 1. The van der Waals surface area contributed by atoms with Crippen molar-refractivity contribution < 1.29 is 27.1 Å². The first-order valence-corrected chi connectivity index (χ1v) is 12.0. The van der Waals surface area contributed by atoms with E-state index in [1.165, 1.54) is 36.3 Å². The quantitative estimate of drug-likeness (QED) is 0.665. The Hall–Kier alpha value is -2.94. The molecule has 1 saturated heterocycles. The van der Waals surface area contributed by atoms with Gasteiger partial charge in [-0.3, -0.25) is 19.2 Å². The molecular weight excluding hydrogens is 435 g/mol. The van der Waals surface area contributed by atoms with Gasteiger partial charge in [0.15, 0.2) is 0 Å². The van der Waals surface area contributed by atoms with Gasteiger partial charge in [0, 0.05) is 0 Å². The van der Waals surface area contributed by atoms with E-state index in [0.717, 1.165) is 18.9 Å². The number of amides is 2. The van der Waals surface area contributed by atoms with Crippen LogP contribution in [-0.4, -0.2) is 32.2 Å². The number of carbonyl (C=O) groups is 2. The van der Waals surface area contributed by atoms with E-state index < -0.39 is 15.8 Å². The first-order chi connectivity index (χ1) is 15.2. The molecule has 7 nitrogen and oxygen atoms in total. The van der Waals surface area contributed by atoms with Crippen molar-refractivity contribution in [2.45, 2.75) is 44.0 Å². The Balaban J connectivity index is 1.62. The van der Waals surface area contributed by atoms with Crippen LogP contribution in [0.2, 0.25) is 0 Å². The van der Waals surface area contributed by atoms with Crippen molar-refractivity contribution in [1.29, 1.82) is 0 Å². The summed E-state index contributed by atoms with van der Waals surface area (Å²) in [5, 5.41) is 0. The van der Waals surface area contributed by atoms with Gasteiger partial charge in [-0.2, -0.15) is 0 Å². The van der Waals surface area contributed by atoms with Crippen LogP contribution in [0.5, 0.6) is 5.75 Å². The number of benzene rings is 2. The number of halogens is 1. The van der Waals surface area contributed by atoms with Crippen molar-refractivity contribution >= 4 is 27.5 Å². The molecular formula is C23H25FN2O5S. The summed E-state index contributed by atoms with van der Waals surface area (Å²) in [5.41, 5.74) is 0.962. The molecule has 0 radical (unpaired) electrons. The van der Waals surface area contributed by atoms with Gasteiger partial charge in [0.25, 0.3) is 10.0 Å². The number of rotatable bonds is 6. The number of methoxy groups -OCH3 is 1. The van der Waals surface area contributed by atoms with Crippen LogP contribution >= 0.6 is 0 Å². The SMILES string of the molecule is COc1ccc(CN2C(=O)[C@H]3CCCC[C@H]3C2=O)cc1S(=O)(=O)Nc1ccc(C)c(F)c1. The Morgan fingerprint density at radius 3 is 2.31 bits per heavy atom. The number of fused-ring (bicyclic) bond motifs is 1. The summed E-state index contributed by atoms with van der Waals surface area (Å²) in [6.45, 7) is 1.58. The largest absolute Gasteiger partial charge is 0.495 e. The van der Waals surface area contributed by atoms with E-state index in [1.54, 1.807) is 13.0 Å². The van der Waals surface area contributed by atoms with Crippen LogP contribution in [0, 0.1) is 24.6 Å².